The number of fused-ring (bicyclic) bond motifs is 1. The van der Waals surface area contributed by atoms with Crippen molar-refractivity contribution in [2.24, 2.45) is 5.92 Å². The third-order valence-electron chi connectivity index (χ3n) is 5.38. The lowest BCUT2D eigenvalue weighted by molar-refractivity contribution is -0.136. The van der Waals surface area contributed by atoms with Crippen LogP contribution in [0.15, 0.2) is 54.9 Å². The fraction of sp³-hybridized carbons (Fsp3) is 0.318. The largest absolute Gasteiger partial charge is 0.497 e. The second-order valence-electron chi connectivity index (χ2n) is 7.14. The Kier molecular flexibility index (Phi) is 5.20. The lowest BCUT2D eigenvalue weighted by Crippen LogP contribution is -2.37. The van der Waals surface area contributed by atoms with Crippen molar-refractivity contribution < 1.29 is 14.3 Å². The molecular formula is C22H24N4O3. The molecule has 1 saturated heterocycles. The van der Waals surface area contributed by atoms with E-state index in [0.29, 0.717) is 25.4 Å². The minimum absolute atomic E-state index is 0.00266. The number of aromatic nitrogens is 2. The van der Waals surface area contributed by atoms with Crippen LogP contribution in [-0.2, 0) is 16.1 Å². The first kappa shape index (κ1) is 19.0. The quantitative estimate of drug-likeness (QED) is 0.647. The van der Waals surface area contributed by atoms with Gasteiger partial charge in [0.2, 0.25) is 11.8 Å². The van der Waals surface area contributed by atoms with E-state index in [-0.39, 0.29) is 24.2 Å². The van der Waals surface area contributed by atoms with Gasteiger partial charge in [0.1, 0.15) is 11.4 Å². The number of anilines is 1. The Morgan fingerprint density at radius 1 is 1.28 bits per heavy atom. The van der Waals surface area contributed by atoms with Crippen LogP contribution in [-0.4, -0.2) is 46.3 Å². The molecule has 7 nitrogen and oxygen atoms in total. The minimum atomic E-state index is -0.354. The Morgan fingerprint density at radius 2 is 2.14 bits per heavy atom. The summed E-state index contributed by atoms with van der Waals surface area (Å²) in [4.78, 5) is 33.6. The van der Waals surface area contributed by atoms with Crippen molar-refractivity contribution in [1.82, 2.24) is 14.3 Å². The van der Waals surface area contributed by atoms with Gasteiger partial charge in [0.05, 0.1) is 31.5 Å². The molecule has 3 heterocycles. The van der Waals surface area contributed by atoms with Gasteiger partial charge in [-0.15, -0.1) is 0 Å². The number of imidazole rings is 1. The smallest absolute Gasteiger partial charge is 0.228 e. The molecule has 150 valence electrons. The summed E-state index contributed by atoms with van der Waals surface area (Å²) < 4.78 is 7.24. The molecule has 29 heavy (non-hydrogen) atoms. The zero-order valence-corrected chi connectivity index (χ0v) is 16.6. The molecule has 7 heteroatoms. The molecule has 2 aromatic heterocycles. The predicted molar refractivity (Wildman–Crippen MR) is 110 cm³/mol. The summed E-state index contributed by atoms with van der Waals surface area (Å²) in [5, 5.41) is 0. The van der Waals surface area contributed by atoms with Crippen LogP contribution in [0.4, 0.5) is 5.69 Å². The first-order valence-electron chi connectivity index (χ1n) is 9.75. The standard InChI is InChI=1S/C22H24N4O3/c1-3-24(15-18-13-23-20-9-4-5-10-25(18)20)22(28)16-11-21(27)26(14-16)17-7-6-8-19(12-17)29-2/h4-10,12-13,16H,3,11,14-15H2,1-2H3. The Hall–Kier alpha value is -3.35. The highest BCUT2D eigenvalue weighted by atomic mass is 16.5. The third kappa shape index (κ3) is 3.68. The molecule has 2 amide bonds. The maximum atomic E-state index is 13.2. The van der Waals surface area contributed by atoms with E-state index in [0.717, 1.165) is 17.0 Å². The summed E-state index contributed by atoms with van der Waals surface area (Å²) >= 11 is 0. The Bertz CT molecular complexity index is 1050. The molecule has 1 aliphatic rings. The molecule has 1 fully saturated rings. The Morgan fingerprint density at radius 3 is 2.93 bits per heavy atom. The lowest BCUT2D eigenvalue weighted by Gasteiger charge is -2.24. The highest BCUT2D eigenvalue weighted by Crippen LogP contribution is 2.29. The molecule has 0 N–H and O–H groups in total. The van der Waals surface area contributed by atoms with Gasteiger partial charge in [0, 0.05) is 37.5 Å². The number of hydrogen-bond donors (Lipinski definition) is 0. The van der Waals surface area contributed by atoms with Crippen molar-refractivity contribution in [3.8, 4) is 5.75 Å². The zero-order chi connectivity index (χ0) is 20.4. The molecule has 0 bridgehead atoms. The lowest BCUT2D eigenvalue weighted by atomic mass is 10.1. The van der Waals surface area contributed by atoms with Crippen molar-refractivity contribution in [3.05, 3.63) is 60.6 Å². The van der Waals surface area contributed by atoms with Crippen LogP contribution < -0.4 is 9.64 Å². The second kappa shape index (κ2) is 7.95. The monoisotopic (exact) mass is 392 g/mol. The van der Waals surface area contributed by atoms with E-state index in [2.05, 4.69) is 4.98 Å². The van der Waals surface area contributed by atoms with Crippen molar-refractivity contribution in [3.63, 3.8) is 0 Å². The number of pyridine rings is 1. The number of carbonyl (C=O) groups excluding carboxylic acids is 2. The molecule has 0 aliphatic carbocycles. The Labute approximate surface area is 169 Å². The van der Waals surface area contributed by atoms with Crippen molar-refractivity contribution >= 4 is 23.1 Å². The molecule has 1 unspecified atom stereocenters. The van der Waals surface area contributed by atoms with Gasteiger partial charge in [-0.3, -0.25) is 9.59 Å². The molecule has 0 radical (unpaired) electrons. The van der Waals surface area contributed by atoms with E-state index < -0.39 is 0 Å². The second-order valence-corrected chi connectivity index (χ2v) is 7.14. The number of nitrogens with zero attached hydrogens (tertiary/aromatic N) is 4. The SMILES string of the molecule is CCN(Cc1cnc2ccccn12)C(=O)C1CC(=O)N(c2cccc(OC)c2)C1. The van der Waals surface area contributed by atoms with E-state index in [1.807, 2.05) is 60.0 Å². The molecule has 1 aromatic carbocycles. The van der Waals surface area contributed by atoms with E-state index in [1.54, 1.807) is 23.1 Å². The summed E-state index contributed by atoms with van der Waals surface area (Å²) in [6.45, 7) is 3.37. The number of amides is 2. The van der Waals surface area contributed by atoms with Gasteiger partial charge in [-0.2, -0.15) is 0 Å². The van der Waals surface area contributed by atoms with Crippen molar-refractivity contribution in [2.75, 3.05) is 25.1 Å². The number of benzene rings is 1. The fourth-order valence-electron chi connectivity index (χ4n) is 3.80. The fourth-order valence-corrected chi connectivity index (χ4v) is 3.80. The van der Waals surface area contributed by atoms with Crippen LogP contribution in [0.2, 0.25) is 0 Å². The van der Waals surface area contributed by atoms with Crippen LogP contribution in [0.1, 0.15) is 19.0 Å². The molecule has 1 aliphatic heterocycles. The van der Waals surface area contributed by atoms with Gasteiger partial charge in [-0.25, -0.2) is 4.98 Å². The van der Waals surface area contributed by atoms with E-state index in [1.165, 1.54) is 0 Å². The molecule has 3 aromatic rings. The minimum Gasteiger partial charge on any atom is -0.497 e. The maximum Gasteiger partial charge on any atom is 0.228 e. The number of rotatable bonds is 6. The Balaban J connectivity index is 1.50. The van der Waals surface area contributed by atoms with Gasteiger partial charge in [-0.1, -0.05) is 12.1 Å². The molecule has 4 rings (SSSR count). The summed E-state index contributed by atoms with van der Waals surface area (Å²) in [6.07, 6.45) is 3.97. The summed E-state index contributed by atoms with van der Waals surface area (Å²) in [5.41, 5.74) is 2.56. The first-order valence-corrected chi connectivity index (χ1v) is 9.75. The molecular weight excluding hydrogens is 368 g/mol. The number of methoxy groups -OCH3 is 1. The number of ether oxygens (including phenoxy) is 1. The molecule has 0 spiro atoms. The van der Waals surface area contributed by atoms with Crippen LogP contribution in [0, 0.1) is 5.92 Å². The summed E-state index contributed by atoms with van der Waals surface area (Å²) in [6, 6.07) is 13.2. The molecule has 1 atom stereocenters. The van der Waals surface area contributed by atoms with Gasteiger partial charge >= 0.3 is 0 Å². The maximum absolute atomic E-state index is 13.2. The van der Waals surface area contributed by atoms with Crippen LogP contribution >= 0.6 is 0 Å². The van der Waals surface area contributed by atoms with Crippen molar-refractivity contribution in [2.45, 2.75) is 19.9 Å². The van der Waals surface area contributed by atoms with Crippen molar-refractivity contribution in [1.29, 1.82) is 0 Å². The highest BCUT2D eigenvalue weighted by Gasteiger charge is 2.37. The van der Waals surface area contributed by atoms with Crippen LogP contribution in [0.5, 0.6) is 5.75 Å². The first-order chi connectivity index (χ1) is 14.1. The third-order valence-corrected chi connectivity index (χ3v) is 5.38. The van der Waals surface area contributed by atoms with Crippen LogP contribution in [0.25, 0.3) is 5.65 Å². The van der Waals surface area contributed by atoms with E-state index in [4.69, 9.17) is 4.74 Å². The number of hydrogen-bond acceptors (Lipinski definition) is 4. The summed E-state index contributed by atoms with van der Waals surface area (Å²) in [5.74, 6) is 0.292. The molecule has 0 saturated carbocycles. The zero-order valence-electron chi connectivity index (χ0n) is 16.6. The van der Waals surface area contributed by atoms with Gasteiger partial charge in [0.15, 0.2) is 0 Å². The topological polar surface area (TPSA) is 67.2 Å². The van der Waals surface area contributed by atoms with Gasteiger partial charge in [-0.05, 0) is 31.2 Å². The average Bonchev–Trinajstić information content (AvgIpc) is 3.35. The van der Waals surface area contributed by atoms with Gasteiger partial charge < -0.3 is 18.9 Å². The van der Waals surface area contributed by atoms with E-state index >= 15 is 0 Å². The normalized spacial score (nSPS) is 16.4. The van der Waals surface area contributed by atoms with E-state index in [9.17, 15) is 9.59 Å². The summed E-state index contributed by atoms with van der Waals surface area (Å²) in [7, 11) is 1.59. The number of carbonyl (C=O) groups is 2. The highest BCUT2D eigenvalue weighted by molar-refractivity contribution is 6.00. The van der Waals surface area contributed by atoms with Crippen LogP contribution in [0.3, 0.4) is 0 Å². The average molecular weight is 392 g/mol. The predicted octanol–water partition coefficient (Wildman–Crippen LogP) is 2.74. The van der Waals surface area contributed by atoms with Gasteiger partial charge in [0.25, 0.3) is 0 Å².